The molecule has 0 saturated heterocycles. The number of benzene rings is 3. The Morgan fingerprint density at radius 3 is 2.35 bits per heavy atom. The van der Waals surface area contributed by atoms with E-state index in [0.29, 0.717) is 11.3 Å². The van der Waals surface area contributed by atoms with Crippen LogP contribution in [0, 0.1) is 0 Å². The molecule has 3 aromatic rings. The number of hydrazone groups is 1. The molecule has 176 valence electrons. The average molecular weight is 472 g/mol. The van der Waals surface area contributed by atoms with E-state index in [0.717, 1.165) is 12.1 Å². The molecule has 3 amide bonds. The van der Waals surface area contributed by atoms with Gasteiger partial charge < -0.3 is 20.5 Å². The third kappa shape index (κ3) is 6.48. The van der Waals surface area contributed by atoms with Crippen molar-refractivity contribution in [3.05, 3.63) is 83.4 Å². The van der Waals surface area contributed by atoms with Gasteiger partial charge in [-0.25, -0.2) is 10.2 Å². The van der Waals surface area contributed by atoms with Crippen molar-refractivity contribution in [2.45, 2.75) is 6.18 Å². The molecule has 0 fully saturated rings. The zero-order chi connectivity index (χ0) is 24.7. The summed E-state index contributed by atoms with van der Waals surface area (Å²) >= 11 is 0. The number of phenolic OH excluding ortho intramolecular Hbond substituents is 1. The number of urea groups is 1. The first kappa shape index (κ1) is 24.1. The number of aromatic hydroxyl groups is 1. The van der Waals surface area contributed by atoms with Crippen molar-refractivity contribution in [2.24, 2.45) is 5.10 Å². The fourth-order valence-corrected chi connectivity index (χ4v) is 2.78. The van der Waals surface area contributed by atoms with Crippen LogP contribution in [0.25, 0.3) is 0 Å². The first-order valence-electron chi connectivity index (χ1n) is 9.71. The van der Waals surface area contributed by atoms with Crippen molar-refractivity contribution in [1.29, 1.82) is 0 Å². The SMILES string of the molecule is COc1cc(/C=N\NC(=O)c2ccc(NC(=O)Nc3cccc(C(F)(F)F)c3)cc2)ccc1O. The molecule has 0 bridgehead atoms. The van der Waals surface area contributed by atoms with E-state index in [9.17, 15) is 27.9 Å². The molecular formula is C23H19F3N4O4. The van der Waals surface area contributed by atoms with Gasteiger partial charge in [-0.2, -0.15) is 18.3 Å². The zero-order valence-corrected chi connectivity index (χ0v) is 17.7. The standard InChI is InChI=1S/C23H19F3N4O4/c1-34-20-11-14(5-10-19(20)31)13-27-30-21(32)15-6-8-17(9-7-15)28-22(33)29-18-4-2-3-16(12-18)23(24,25)26/h2-13,31H,1H3,(H,30,32)(H2,28,29,33)/b27-13-. The summed E-state index contributed by atoms with van der Waals surface area (Å²) in [4.78, 5) is 24.3. The van der Waals surface area contributed by atoms with Crippen LogP contribution in [0.15, 0.2) is 71.8 Å². The Hall–Kier alpha value is -4.54. The van der Waals surface area contributed by atoms with Crippen molar-refractivity contribution in [3.8, 4) is 11.5 Å². The number of alkyl halides is 3. The Labute approximate surface area is 192 Å². The lowest BCUT2D eigenvalue weighted by Gasteiger charge is -2.11. The van der Waals surface area contributed by atoms with E-state index in [2.05, 4.69) is 21.2 Å². The quantitative estimate of drug-likeness (QED) is 0.304. The van der Waals surface area contributed by atoms with Crippen LogP contribution < -0.4 is 20.8 Å². The number of methoxy groups -OCH3 is 1. The van der Waals surface area contributed by atoms with E-state index in [4.69, 9.17) is 4.74 Å². The smallest absolute Gasteiger partial charge is 0.416 e. The van der Waals surface area contributed by atoms with Crippen molar-refractivity contribution >= 4 is 29.5 Å². The van der Waals surface area contributed by atoms with Crippen molar-refractivity contribution < 1.29 is 32.6 Å². The number of carbonyl (C=O) groups excluding carboxylic acids is 2. The Kier molecular flexibility index (Phi) is 7.36. The lowest BCUT2D eigenvalue weighted by atomic mass is 10.2. The number of nitrogens with one attached hydrogen (secondary N) is 3. The molecule has 3 rings (SSSR count). The van der Waals surface area contributed by atoms with Crippen LogP contribution in [0.2, 0.25) is 0 Å². The van der Waals surface area contributed by atoms with Crippen LogP contribution in [0.1, 0.15) is 21.5 Å². The molecule has 0 heterocycles. The maximum Gasteiger partial charge on any atom is 0.416 e. The topological polar surface area (TPSA) is 112 Å². The summed E-state index contributed by atoms with van der Waals surface area (Å²) in [5.74, 6) is -0.279. The molecule has 0 atom stereocenters. The van der Waals surface area contributed by atoms with Crippen molar-refractivity contribution in [3.63, 3.8) is 0 Å². The van der Waals surface area contributed by atoms with E-state index < -0.39 is 23.7 Å². The molecule has 0 aromatic heterocycles. The molecule has 34 heavy (non-hydrogen) atoms. The van der Waals surface area contributed by atoms with Gasteiger partial charge in [0.05, 0.1) is 18.9 Å². The number of amides is 3. The van der Waals surface area contributed by atoms with E-state index in [1.807, 2.05) is 0 Å². The van der Waals surface area contributed by atoms with Crippen LogP contribution in [0.4, 0.5) is 29.3 Å². The number of hydrogen-bond donors (Lipinski definition) is 4. The van der Waals surface area contributed by atoms with Crippen LogP contribution in [0.5, 0.6) is 11.5 Å². The lowest BCUT2D eigenvalue weighted by Crippen LogP contribution is -2.20. The molecule has 11 heteroatoms. The Morgan fingerprint density at radius 1 is 0.971 bits per heavy atom. The highest BCUT2D eigenvalue weighted by Gasteiger charge is 2.30. The van der Waals surface area contributed by atoms with Gasteiger partial charge in [0.15, 0.2) is 11.5 Å². The molecule has 4 N–H and O–H groups in total. The van der Waals surface area contributed by atoms with Crippen molar-refractivity contribution in [2.75, 3.05) is 17.7 Å². The molecule has 0 unspecified atom stereocenters. The second-order valence-electron chi connectivity index (χ2n) is 6.87. The maximum atomic E-state index is 12.8. The average Bonchev–Trinajstić information content (AvgIpc) is 2.80. The molecule has 0 spiro atoms. The van der Waals surface area contributed by atoms with Gasteiger partial charge in [0.1, 0.15) is 0 Å². The van der Waals surface area contributed by atoms with Crippen LogP contribution in [-0.4, -0.2) is 30.4 Å². The first-order chi connectivity index (χ1) is 16.2. The van der Waals surface area contributed by atoms with Crippen molar-refractivity contribution in [1.82, 2.24) is 5.43 Å². The number of carbonyl (C=O) groups is 2. The lowest BCUT2D eigenvalue weighted by molar-refractivity contribution is -0.137. The number of ether oxygens (including phenoxy) is 1. The first-order valence-corrected chi connectivity index (χ1v) is 9.71. The predicted molar refractivity (Wildman–Crippen MR) is 120 cm³/mol. The number of hydrogen-bond acceptors (Lipinski definition) is 5. The minimum Gasteiger partial charge on any atom is -0.504 e. The number of anilines is 2. The number of halogens is 3. The van der Waals surface area contributed by atoms with Gasteiger partial charge in [0.25, 0.3) is 5.91 Å². The highest BCUT2D eigenvalue weighted by atomic mass is 19.4. The highest BCUT2D eigenvalue weighted by molar-refractivity contribution is 6.00. The van der Waals surface area contributed by atoms with Gasteiger partial charge in [-0.1, -0.05) is 6.07 Å². The molecule has 8 nitrogen and oxygen atoms in total. The summed E-state index contributed by atoms with van der Waals surface area (Å²) in [6.07, 6.45) is -3.15. The molecule has 0 aliphatic carbocycles. The minimum atomic E-state index is -4.52. The number of phenols is 1. The van der Waals surface area contributed by atoms with Crippen LogP contribution in [0.3, 0.4) is 0 Å². The van der Waals surface area contributed by atoms with Gasteiger partial charge in [0, 0.05) is 16.9 Å². The van der Waals surface area contributed by atoms with E-state index >= 15 is 0 Å². The molecule has 0 saturated carbocycles. The normalized spacial score (nSPS) is 11.2. The summed E-state index contributed by atoms with van der Waals surface area (Å²) in [5, 5.41) is 18.2. The maximum absolute atomic E-state index is 12.8. The summed E-state index contributed by atoms with van der Waals surface area (Å²) in [5.41, 5.74) is 2.60. The summed E-state index contributed by atoms with van der Waals surface area (Å²) < 4.78 is 43.3. The zero-order valence-electron chi connectivity index (χ0n) is 17.7. The molecule has 0 aliphatic rings. The summed E-state index contributed by atoms with van der Waals surface area (Å²) in [6.45, 7) is 0. The highest BCUT2D eigenvalue weighted by Crippen LogP contribution is 2.30. The minimum absolute atomic E-state index is 0.0209. The van der Waals surface area contributed by atoms with Gasteiger partial charge in [-0.05, 0) is 66.2 Å². The second kappa shape index (κ2) is 10.4. The third-order valence-electron chi connectivity index (χ3n) is 4.44. The Bertz CT molecular complexity index is 1210. The fourth-order valence-electron chi connectivity index (χ4n) is 2.78. The fraction of sp³-hybridized carbons (Fsp3) is 0.0870. The van der Waals surface area contributed by atoms with Crippen LogP contribution >= 0.6 is 0 Å². The molecular weight excluding hydrogens is 453 g/mol. The Morgan fingerprint density at radius 2 is 1.68 bits per heavy atom. The monoisotopic (exact) mass is 472 g/mol. The number of nitrogens with zero attached hydrogens (tertiary/aromatic N) is 1. The predicted octanol–water partition coefficient (Wildman–Crippen LogP) is 4.83. The van der Waals surface area contributed by atoms with Gasteiger partial charge in [-0.15, -0.1) is 0 Å². The second-order valence-corrected chi connectivity index (χ2v) is 6.87. The van der Waals surface area contributed by atoms with Crippen LogP contribution in [-0.2, 0) is 6.18 Å². The van der Waals surface area contributed by atoms with Gasteiger partial charge in [-0.3, -0.25) is 4.79 Å². The van der Waals surface area contributed by atoms with E-state index in [1.54, 1.807) is 6.07 Å². The van der Waals surface area contributed by atoms with E-state index in [-0.39, 0.29) is 22.7 Å². The van der Waals surface area contributed by atoms with Gasteiger partial charge in [0.2, 0.25) is 0 Å². The summed E-state index contributed by atoms with van der Waals surface area (Å²) in [7, 11) is 1.41. The molecule has 0 aliphatic heterocycles. The Balaban J connectivity index is 1.55. The van der Waals surface area contributed by atoms with Gasteiger partial charge >= 0.3 is 12.2 Å². The summed E-state index contributed by atoms with van der Waals surface area (Å²) in [6, 6.07) is 13.8. The van der Waals surface area contributed by atoms with E-state index in [1.165, 1.54) is 61.9 Å². The molecule has 3 aromatic carbocycles. The number of rotatable bonds is 6. The largest absolute Gasteiger partial charge is 0.504 e. The third-order valence-corrected chi connectivity index (χ3v) is 4.44. The molecule has 0 radical (unpaired) electrons.